The molecule has 9 heteroatoms. The lowest BCUT2D eigenvalue weighted by molar-refractivity contribution is -0.133. The largest absolute Gasteiger partial charge is 0.378 e. The Morgan fingerprint density at radius 3 is 2.41 bits per heavy atom. The van der Waals surface area contributed by atoms with Gasteiger partial charge in [-0.05, 0) is 32.0 Å². The molecular weight excluding hydrogens is 389 g/mol. The highest BCUT2D eigenvalue weighted by atomic mass is 19.3. The van der Waals surface area contributed by atoms with Gasteiger partial charge in [-0.2, -0.15) is 5.26 Å². The Balaban J connectivity index is 0.00000117. The van der Waals surface area contributed by atoms with Crippen LogP contribution in [0.1, 0.15) is 37.8 Å². The van der Waals surface area contributed by atoms with Gasteiger partial charge in [0.25, 0.3) is 6.43 Å². The Hall–Kier alpha value is -2.44. The summed E-state index contributed by atoms with van der Waals surface area (Å²) in [6, 6.07) is 5.30. The van der Waals surface area contributed by atoms with E-state index in [0.29, 0.717) is 13.6 Å². The first-order valence-electron chi connectivity index (χ1n) is 8.98. The number of rotatable bonds is 3. The number of nitrogens with zero attached hydrogens (tertiary/aromatic N) is 2. The normalized spacial score (nSPS) is 34.9. The van der Waals surface area contributed by atoms with Crippen molar-refractivity contribution >= 4 is 17.5 Å². The van der Waals surface area contributed by atoms with E-state index >= 15 is 0 Å². The van der Waals surface area contributed by atoms with Crippen LogP contribution in [0.3, 0.4) is 0 Å². The number of fused-ring (bicyclic) bond motifs is 5. The number of benzene rings is 1. The van der Waals surface area contributed by atoms with Crippen molar-refractivity contribution in [2.45, 2.75) is 44.0 Å². The summed E-state index contributed by atoms with van der Waals surface area (Å²) in [5, 5.41) is 9.00. The Morgan fingerprint density at radius 2 is 1.86 bits per heavy atom. The number of ether oxygens (including phenoxy) is 2. The Labute approximate surface area is 166 Å². The van der Waals surface area contributed by atoms with E-state index in [2.05, 4.69) is 0 Å². The molecule has 0 saturated carbocycles. The standard InChI is InChI=1S/C19H18F2N2O4.CH3F/c1-18-7-12(26-3)19(2,27-18)14-13(18)16(24)23(17(14)25)10-5-4-9(8-22)11(6-10)15(20)21;1-2/h4-6,12-15H,7H2,1-3H3;1H3/t12?,13-,14+,18?,19?;/m0./s1. The average molecular weight is 410 g/mol. The fourth-order valence-electron chi connectivity index (χ4n) is 5.04. The van der Waals surface area contributed by atoms with Gasteiger partial charge in [-0.1, -0.05) is 0 Å². The molecule has 0 N–H and O–H groups in total. The van der Waals surface area contributed by atoms with E-state index in [1.807, 2.05) is 0 Å². The van der Waals surface area contributed by atoms with Crippen molar-refractivity contribution in [3.8, 4) is 6.07 Å². The number of halogens is 3. The van der Waals surface area contributed by atoms with Gasteiger partial charge in [0.1, 0.15) is 5.60 Å². The fraction of sp³-hybridized carbons (Fsp3) is 0.550. The Bertz CT molecular complexity index is 902. The minimum absolute atomic E-state index is 0.0502. The van der Waals surface area contributed by atoms with Gasteiger partial charge in [0.15, 0.2) is 0 Å². The molecule has 3 saturated heterocycles. The number of imide groups is 1. The number of amides is 2. The highest BCUT2D eigenvalue weighted by Gasteiger charge is 2.76. The molecule has 0 spiro atoms. The van der Waals surface area contributed by atoms with E-state index in [-0.39, 0.29) is 17.4 Å². The van der Waals surface area contributed by atoms with Gasteiger partial charge in [-0.15, -0.1) is 0 Å². The lowest BCUT2D eigenvalue weighted by atomic mass is 9.67. The molecule has 3 aliphatic heterocycles. The van der Waals surface area contributed by atoms with E-state index in [1.165, 1.54) is 19.2 Å². The summed E-state index contributed by atoms with van der Waals surface area (Å²) >= 11 is 0. The summed E-state index contributed by atoms with van der Waals surface area (Å²) in [5.74, 6) is -2.37. The number of hydrogen-bond acceptors (Lipinski definition) is 5. The van der Waals surface area contributed by atoms with Crippen LogP contribution in [-0.4, -0.2) is 43.4 Å². The van der Waals surface area contributed by atoms with Crippen LogP contribution in [0.2, 0.25) is 0 Å². The molecule has 1 aromatic carbocycles. The van der Waals surface area contributed by atoms with Gasteiger partial charge < -0.3 is 9.47 Å². The topological polar surface area (TPSA) is 79.6 Å². The van der Waals surface area contributed by atoms with Crippen LogP contribution in [0, 0.1) is 23.2 Å². The highest BCUT2D eigenvalue weighted by molar-refractivity contribution is 6.23. The summed E-state index contributed by atoms with van der Waals surface area (Å²) < 4.78 is 47.6. The minimum atomic E-state index is -2.89. The molecule has 2 bridgehead atoms. The van der Waals surface area contributed by atoms with Crippen LogP contribution >= 0.6 is 0 Å². The Morgan fingerprint density at radius 1 is 1.24 bits per heavy atom. The number of anilines is 1. The lowest BCUT2D eigenvalue weighted by Gasteiger charge is -2.34. The van der Waals surface area contributed by atoms with Crippen LogP contribution in [-0.2, 0) is 19.1 Å². The van der Waals surface area contributed by atoms with Crippen molar-refractivity contribution in [3.05, 3.63) is 29.3 Å². The summed E-state index contributed by atoms with van der Waals surface area (Å²) in [6.45, 7) is 3.54. The zero-order valence-electron chi connectivity index (χ0n) is 16.4. The molecule has 156 valence electrons. The molecule has 3 heterocycles. The van der Waals surface area contributed by atoms with E-state index in [0.717, 1.165) is 11.0 Å². The quantitative estimate of drug-likeness (QED) is 0.716. The number of nitriles is 1. The third-order valence-electron chi connectivity index (χ3n) is 6.20. The molecule has 5 atom stereocenters. The number of carbonyl (C=O) groups is 2. The van der Waals surface area contributed by atoms with E-state index in [9.17, 15) is 22.8 Å². The minimum Gasteiger partial charge on any atom is -0.378 e. The summed E-state index contributed by atoms with van der Waals surface area (Å²) in [7, 11) is 2.03. The smallest absolute Gasteiger partial charge is 0.265 e. The van der Waals surface area contributed by atoms with E-state index in [4.69, 9.17) is 14.7 Å². The maximum atomic E-state index is 13.3. The molecule has 3 unspecified atom stereocenters. The third-order valence-corrected chi connectivity index (χ3v) is 6.20. The maximum Gasteiger partial charge on any atom is 0.265 e. The van der Waals surface area contributed by atoms with Gasteiger partial charge in [0.2, 0.25) is 11.8 Å². The van der Waals surface area contributed by atoms with Crippen molar-refractivity contribution < 1.29 is 32.2 Å². The van der Waals surface area contributed by atoms with Crippen molar-refractivity contribution in [2.75, 3.05) is 19.2 Å². The first-order valence-corrected chi connectivity index (χ1v) is 8.98. The second-order valence-electron chi connectivity index (χ2n) is 7.68. The molecule has 0 aromatic heterocycles. The fourth-order valence-corrected chi connectivity index (χ4v) is 5.04. The van der Waals surface area contributed by atoms with Crippen molar-refractivity contribution in [3.63, 3.8) is 0 Å². The monoisotopic (exact) mass is 410 g/mol. The number of methoxy groups -OCH3 is 1. The third kappa shape index (κ3) is 2.77. The second-order valence-corrected chi connectivity index (χ2v) is 7.68. The maximum absolute atomic E-state index is 13.3. The van der Waals surface area contributed by atoms with Gasteiger partial charge >= 0.3 is 0 Å². The predicted molar refractivity (Wildman–Crippen MR) is 95.9 cm³/mol. The van der Waals surface area contributed by atoms with E-state index in [1.54, 1.807) is 19.9 Å². The van der Waals surface area contributed by atoms with Gasteiger partial charge in [-0.25, -0.2) is 13.7 Å². The van der Waals surface area contributed by atoms with Crippen LogP contribution < -0.4 is 4.90 Å². The first kappa shape index (κ1) is 21.3. The van der Waals surface area contributed by atoms with Crippen molar-refractivity contribution in [1.82, 2.24) is 0 Å². The van der Waals surface area contributed by atoms with Crippen LogP contribution in [0.15, 0.2) is 18.2 Å². The predicted octanol–water partition coefficient (Wildman–Crippen LogP) is 3.15. The second kappa shape index (κ2) is 7.11. The Kier molecular flexibility index (Phi) is 5.22. The molecule has 2 amide bonds. The van der Waals surface area contributed by atoms with Crippen molar-refractivity contribution in [1.29, 1.82) is 5.26 Å². The summed E-state index contributed by atoms with van der Waals surface area (Å²) in [4.78, 5) is 27.2. The van der Waals surface area contributed by atoms with Crippen LogP contribution in [0.4, 0.5) is 18.9 Å². The summed E-state index contributed by atoms with van der Waals surface area (Å²) in [6.07, 6.45) is -2.75. The zero-order chi connectivity index (χ0) is 21.7. The van der Waals surface area contributed by atoms with Gasteiger partial charge in [-0.3, -0.25) is 14.0 Å². The number of carbonyl (C=O) groups excluding carboxylic acids is 2. The zero-order valence-corrected chi connectivity index (χ0v) is 16.4. The number of alkyl halides is 3. The number of hydrogen-bond donors (Lipinski definition) is 0. The molecule has 29 heavy (non-hydrogen) atoms. The van der Waals surface area contributed by atoms with Crippen molar-refractivity contribution in [2.24, 2.45) is 11.8 Å². The van der Waals surface area contributed by atoms with Gasteiger partial charge in [0, 0.05) is 19.1 Å². The molecule has 3 fully saturated rings. The van der Waals surface area contributed by atoms with Gasteiger partial charge in [0.05, 0.1) is 48.0 Å². The highest BCUT2D eigenvalue weighted by Crippen LogP contribution is 2.61. The molecule has 0 aliphatic carbocycles. The molecular formula is C20H21F3N2O4. The molecule has 0 radical (unpaired) electrons. The first-order chi connectivity index (χ1) is 13.7. The van der Waals surface area contributed by atoms with E-state index < -0.39 is 46.8 Å². The molecule has 1 aromatic rings. The molecule has 3 aliphatic rings. The molecule has 6 nitrogen and oxygen atoms in total. The average Bonchev–Trinajstić information content (AvgIpc) is 3.23. The van der Waals surface area contributed by atoms with Crippen LogP contribution in [0.5, 0.6) is 0 Å². The summed E-state index contributed by atoms with van der Waals surface area (Å²) in [5.41, 5.74) is -2.43. The SMILES string of the molecule is CF.COC1CC2(C)OC1(C)[C@H]1C(=O)N(c3ccc(C#N)c(C(F)F)c3)C(=O)[C@H]12. The lowest BCUT2D eigenvalue weighted by Crippen LogP contribution is -2.49. The van der Waals surface area contributed by atoms with Crippen LogP contribution in [0.25, 0.3) is 0 Å². The molecule has 4 rings (SSSR count).